The first kappa shape index (κ1) is 20.7. The fourth-order valence-corrected chi connectivity index (χ4v) is 3.06. The van der Waals surface area contributed by atoms with Gasteiger partial charge in [0, 0.05) is 24.5 Å². The van der Waals surface area contributed by atoms with Crippen molar-refractivity contribution in [3.05, 3.63) is 35.0 Å². The highest BCUT2D eigenvalue weighted by Gasteiger charge is 2.33. The zero-order chi connectivity index (χ0) is 20.0. The summed E-state index contributed by atoms with van der Waals surface area (Å²) in [5.74, 6) is -1.26. The third kappa shape index (κ3) is 4.40. The Bertz CT molecular complexity index is 731. The largest absolute Gasteiger partial charge is 0.466 e. The third-order valence-corrected chi connectivity index (χ3v) is 4.42. The number of ether oxygens (including phenoxy) is 3. The number of hydrogen-bond donors (Lipinski definition) is 1. The van der Waals surface area contributed by atoms with Gasteiger partial charge in [0.2, 0.25) is 0 Å². The molecule has 0 bridgehead atoms. The van der Waals surface area contributed by atoms with Crippen molar-refractivity contribution in [1.29, 1.82) is 0 Å². The first-order chi connectivity index (χ1) is 13.0. The van der Waals surface area contributed by atoms with Crippen LogP contribution in [0.25, 0.3) is 0 Å². The van der Waals surface area contributed by atoms with Crippen molar-refractivity contribution in [2.75, 3.05) is 57.1 Å². The van der Waals surface area contributed by atoms with E-state index in [2.05, 4.69) is 0 Å². The van der Waals surface area contributed by atoms with E-state index in [-0.39, 0.29) is 31.2 Å². The van der Waals surface area contributed by atoms with Gasteiger partial charge in [-0.2, -0.15) is 0 Å². The van der Waals surface area contributed by atoms with Gasteiger partial charge in [-0.3, -0.25) is 0 Å². The summed E-state index contributed by atoms with van der Waals surface area (Å²) in [5.41, 5.74) is 2.81. The minimum Gasteiger partial charge on any atom is -0.466 e. The maximum absolute atomic E-state index is 12.4. The van der Waals surface area contributed by atoms with E-state index in [1.54, 1.807) is 4.90 Å². The summed E-state index contributed by atoms with van der Waals surface area (Å²) in [6.45, 7) is 5.36. The van der Waals surface area contributed by atoms with Crippen molar-refractivity contribution in [3.8, 4) is 0 Å². The van der Waals surface area contributed by atoms with E-state index in [0.29, 0.717) is 6.54 Å². The Hall–Kier alpha value is -2.58. The van der Waals surface area contributed by atoms with E-state index in [4.69, 9.17) is 14.2 Å². The highest BCUT2D eigenvalue weighted by molar-refractivity contribution is 6.03. The molecule has 1 aliphatic rings. The molecule has 0 fully saturated rings. The lowest BCUT2D eigenvalue weighted by molar-refractivity contribution is -0.140. The molecule has 0 spiro atoms. The molecule has 8 heteroatoms. The first-order valence-corrected chi connectivity index (χ1v) is 8.69. The molecule has 1 aromatic carbocycles. The van der Waals surface area contributed by atoms with Gasteiger partial charge in [0.25, 0.3) is 0 Å². The van der Waals surface area contributed by atoms with Crippen LogP contribution in [0, 0.1) is 6.92 Å². The number of nitrogens with zero attached hydrogens (tertiary/aromatic N) is 2. The molecule has 1 N–H and O–H groups in total. The number of aliphatic hydroxyl groups excluding tert-OH is 1. The Labute approximate surface area is 158 Å². The molecule has 148 valence electrons. The summed E-state index contributed by atoms with van der Waals surface area (Å²) < 4.78 is 15.2. The fourth-order valence-electron chi connectivity index (χ4n) is 3.06. The van der Waals surface area contributed by atoms with Crippen molar-refractivity contribution in [1.82, 2.24) is 0 Å². The fraction of sp³-hybridized carbons (Fsp3) is 0.474. The van der Waals surface area contributed by atoms with E-state index < -0.39 is 11.9 Å². The molecule has 0 unspecified atom stereocenters. The number of rotatable bonds is 7. The molecule has 0 aliphatic carbocycles. The molecular formula is C19H26N2O6. The Morgan fingerprint density at radius 3 is 2.52 bits per heavy atom. The van der Waals surface area contributed by atoms with E-state index in [1.165, 1.54) is 14.2 Å². The lowest BCUT2D eigenvalue weighted by atomic mass is 10.1. The Morgan fingerprint density at radius 1 is 1.26 bits per heavy atom. The van der Waals surface area contributed by atoms with Crippen molar-refractivity contribution in [2.45, 2.75) is 13.8 Å². The van der Waals surface area contributed by atoms with Crippen LogP contribution in [-0.2, 0) is 23.8 Å². The predicted octanol–water partition coefficient (Wildman–Crippen LogP) is 1.21. The maximum atomic E-state index is 12.4. The predicted molar refractivity (Wildman–Crippen MR) is 101 cm³/mol. The Balaban J connectivity index is 2.48. The maximum Gasteiger partial charge on any atom is 0.355 e. The molecule has 0 atom stereocenters. The van der Waals surface area contributed by atoms with Gasteiger partial charge in [0.1, 0.15) is 12.4 Å². The average Bonchev–Trinajstić information content (AvgIpc) is 2.70. The van der Waals surface area contributed by atoms with Gasteiger partial charge in [-0.1, -0.05) is 0 Å². The van der Waals surface area contributed by atoms with Crippen LogP contribution >= 0.6 is 0 Å². The zero-order valence-electron chi connectivity index (χ0n) is 16.2. The monoisotopic (exact) mass is 378 g/mol. The molecule has 0 amide bonds. The van der Waals surface area contributed by atoms with Crippen LogP contribution in [0.1, 0.15) is 12.5 Å². The van der Waals surface area contributed by atoms with Gasteiger partial charge in [0.15, 0.2) is 0 Å². The Kier molecular flexibility index (Phi) is 7.20. The van der Waals surface area contributed by atoms with Crippen LogP contribution in [0.2, 0.25) is 0 Å². The minimum atomic E-state index is -0.630. The van der Waals surface area contributed by atoms with Crippen LogP contribution in [-0.4, -0.2) is 64.3 Å². The van der Waals surface area contributed by atoms with E-state index >= 15 is 0 Å². The quantitative estimate of drug-likeness (QED) is 0.709. The summed E-state index contributed by atoms with van der Waals surface area (Å²) in [6.07, 6.45) is 0. The average molecular weight is 378 g/mol. The topological polar surface area (TPSA) is 88.5 Å². The number of esters is 2. The van der Waals surface area contributed by atoms with Crippen LogP contribution in [0.15, 0.2) is 29.5 Å². The summed E-state index contributed by atoms with van der Waals surface area (Å²) in [5, 5.41) is 9.22. The highest BCUT2D eigenvalue weighted by Crippen LogP contribution is 2.31. The molecule has 0 saturated heterocycles. The van der Waals surface area contributed by atoms with Crippen molar-refractivity contribution in [3.63, 3.8) is 0 Å². The van der Waals surface area contributed by atoms with Gasteiger partial charge < -0.3 is 29.1 Å². The second-order valence-corrected chi connectivity index (χ2v) is 5.99. The lowest BCUT2D eigenvalue weighted by Gasteiger charge is -2.33. The molecule has 1 aliphatic heterocycles. The number of methoxy groups -OCH3 is 2. The van der Waals surface area contributed by atoms with Gasteiger partial charge in [-0.05, 0) is 37.6 Å². The van der Waals surface area contributed by atoms with Crippen LogP contribution in [0.3, 0.4) is 0 Å². The number of anilines is 2. The summed E-state index contributed by atoms with van der Waals surface area (Å²) in [7, 11) is 2.52. The second-order valence-electron chi connectivity index (χ2n) is 5.99. The number of carbonyl (C=O) groups excluding carboxylic acids is 2. The molecule has 2 rings (SSSR count). The van der Waals surface area contributed by atoms with Gasteiger partial charge >= 0.3 is 11.9 Å². The first-order valence-electron chi connectivity index (χ1n) is 8.69. The van der Waals surface area contributed by atoms with Gasteiger partial charge in [0.05, 0.1) is 33.0 Å². The third-order valence-electron chi connectivity index (χ3n) is 4.42. The van der Waals surface area contributed by atoms with Gasteiger partial charge in [-0.25, -0.2) is 9.59 Å². The summed E-state index contributed by atoms with van der Waals surface area (Å²) in [4.78, 5) is 28.1. The molecule has 0 saturated carbocycles. The number of hydrogen-bond acceptors (Lipinski definition) is 8. The highest BCUT2D eigenvalue weighted by atomic mass is 16.5. The zero-order valence-corrected chi connectivity index (χ0v) is 16.2. The van der Waals surface area contributed by atoms with Crippen molar-refractivity contribution >= 4 is 23.3 Å². The van der Waals surface area contributed by atoms with Crippen LogP contribution in [0.5, 0.6) is 0 Å². The number of aryl methyl sites for hydroxylation is 1. The number of carbonyl (C=O) groups is 2. The second kappa shape index (κ2) is 9.38. The van der Waals surface area contributed by atoms with Crippen molar-refractivity contribution in [2.24, 2.45) is 0 Å². The minimum absolute atomic E-state index is 0.0230. The van der Waals surface area contributed by atoms with E-state index in [9.17, 15) is 14.7 Å². The lowest BCUT2D eigenvalue weighted by Crippen LogP contribution is -2.39. The smallest absolute Gasteiger partial charge is 0.355 e. The van der Waals surface area contributed by atoms with Crippen molar-refractivity contribution < 1.29 is 28.9 Å². The van der Waals surface area contributed by atoms with Crippen LogP contribution < -0.4 is 9.80 Å². The molecule has 0 radical (unpaired) electrons. The molecular weight excluding hydrogens is 352 g/mol. The molecule has 1 aromatic rings. The molecule has 27 heavy (non-hydrogen) atoms. The summed E-state index contributed by atoms with van der Waals surface area (Å²) >= 11 is 0. The Morgan fingerprint density at radius 2 is 1.96 bits per heavy atom. The number of likely N-dealkylation sites (N-methyl/N-ethyl adjacent to an activating group) is 1. The number of aliphatic hydroxyl groups is 1. The van der Waals surface area contributed by atoms with Gasteiger partial charge in [-0.15, -0.1) is 0 Å². The van der Waals surface area contributed by atoms with E-state index in [1.807, 2.05) is 36.9 Å². The SMILES string of the molecule is CCN(CCO)c1ccc(N2COCC(C(=O)OC)=C2C(=O)OC)c(C)c1. The summed E-state index contributed by atoms with van der Waals surface area (Å²) in [6, 6.07) is 5.73. The van der Waals surface area contributed by atoms with Crippen LogP contribution in [0.4, 0.5) is 11.4 Å². The molecule has 0 aromatic heterocycles. The number of benzene rings is 1. The molecule has 8 nitrogen and oxygen atoms in total. The molecule has 1 heterocycles. The van der Waals surface area contributed by atoms with E-state index in [0.717, 1.165) is 23.5 Å². The normalized spacial score (nSPS) is 14.2. The standard InChI is InChI=1S/C19H26N2O6/c1-5-20(8-9-22)14-6-7-16(13(2)10-14)21-12-27-11-15(18(23)25-3)17(21)19(24)26-4/h6-7,10,22H,5,8-9,11-12H2,1-4H3.